The van der Waals surface area contributed by atoms with E-state index in [0.717, 1.165) is 23.7 Å². The predicted octanol–water partition coefficient (Wildman–Crippen LogP) is 16.0. The fourth-order valence-corrected chi connectivity index (χ4v) is 18.3. The van der Waals surface area contributed by atoms with Crippen molar-refractivity contribution in [3.8, 4) is 55.6 Å². The molecular weight excluding hydrogens is 842 g/mol. The molecule has 0 aromatic heterocycles. The highest BCUT2D eigenvalue weighted by atomic mass is 15.2. The van der Waals surface area contributed by atoms with Crippen molar-refractivity contribution in [2.75, 3.05) is 4.90 Å². The van der Waals surface area contributed by atoms with Crippen molar-refractivity contribution >= 4 is 61.7 Å². The Morgan fingerprint density at radius 1 is 0.343 bits per heavy atom. The van der Waals surface area contributed by atoms with Crippen molar-refractivity contribution in [2.24, 2.45) is 23.7 Å². The topological polar surface area (TPSA) is 3.24 Å². The first-order chi connectivity index (χ1) is 34.7. The smallest absolute Gasteiger partial charge is 0.249 e. The largest absolute Gasteiger partial charge is 0.310 e. The molecule has 20 rings (SSSR count). The normalized spacial score (nSPS) is 25.9. The second-order valence-electron chi connectivity index (χ2n) is 23.9. The fourth-order valence-electron chi connectivity index (χ4n) is 18.3. The van der Waals surface area contributed by atoms with Gasteiger partial charge in [0.1, 0.15) is 0 Å². The van der Waals surface area contributed by atoms with Crippen molar-refractivity contribution in [3.05, 3.63) is 180 Å². The van der Waals surface area contributed by atoms with Gasteiger partial charge < -0.3 is 4.90 Å². The van der Waals surface area contributed by atoms with Gasteiger partial charge in [-0.2, -0.15) is 0 Å². The van der Waals surface area contributed by atoms with Gasteiger partial charge in [0.2, 0.25) is 6.71 Å². The molecule has 70 heavy (non-hydrogen) atoms. The van der Waals surface area contributed by atoms with E-state index < -0.39 is 0 Å². The lowest BCUT2D eigenvalue weighted by molar-refractivity contribution is 0.166. The Morgan fingerprint density at radius 3 is 1.23 bits per heavy atom. The molecule has 0 radical (unpaired) electrons. The van der Waals surface area contributed by atoms with Crippen molar-refractivity contribution in [3.63, 3.8) is 0 Å². The van der Waals surface area contributed by atoms with Gasteiger partial charge in [-0.15, -0.1) is 0 Å². The van der Waals surface area contributed by atoms with Crippen LogP contribution >= 0.6 is 0 Å². The van der Waals surface area contributed by atoms with Crippen LogP contribution in [0.15, 0.2) is 158 Å². The Bertz CT molecular complexity index is 3550. The van der Waals surface area contributed by atoms with E-state index in [1.165, 1.54) is 125 Å². The number of hydrogen-bond acceptors (Lipinski definition) is 1. The van der Waals surface area contributed by atoms with Gasteiger partial charge in [0.15, 0.2) is 0 Å². The second kappa shape index (κ2) is 13.6. The molecule has 0 spiro atoms. The standard InChI is InChI=1S/C68H54BN/c1-4-11-41(12-5-1)46-35-55(42-13-6-2-7-14-42)68(56(36-46)43-15-8-3-9-16-43)70-57-21-19-44-33-53-47-25-37-23-38(26-47)30-49(29-37)59(53)63-51-17-10-18-52-64-60-50-31-39-24-40(32-50)28-48(27-39)54(60)34-45-20-22-58(70)67(62(45)64)69(65(51)52)66(57)61(44)63/h1-22,33-40,47-50H,23-32H2. The average Bonchev–Trinajstić information content (AvgIpc) is 3.68. The van der Waals surface area contributed by atoms with Gasteiger partial charge in [-0.05, 0) is 235 Å². The Kier molecular flexibility index (Phi) is 7.42. The molecule has 0 N–H and O–H groups in total. The van der Waals surface area contributed by atoms with E-state index in [1.54, 1.807) is 71.7 Å². The number of benzene rings is 9. The molecule has 0 amide bonds. The monoisotopic (exact) mass is 895 g/mol. The van der Waals surface area contributed by atoms with Crippen LogP contribution in [0.25, 0.3) is 77.2 Å². The van der Waals surface area contributed by atoms with E-state index >= 15 is 0 Å². The minimum Gasteiger partial charge on any atom is -0.310 e. The third kappa shape index (κ3) is 4.91. The van der Waals surface area contributed by atoms with E-state index in [0.29, 0.717) is 23.7 Å². The maximum Gasteiger partial charge on any atom is 0.249 e. The van der Waals surface area contributed by atoms with Gasteiger partial charge in [0.25, 0.3) is 0 Å². The zero-order valence-electron chi connectivity index (χ0n) is 39.7. The number of nitrogens with zero attached hydrogens (tertiary/aromatic N) is 1. The van der Waals surface area contributed by atoms with Gasteiger partial charge in [-0.25, -0.2) is 0 Å². The summed E-state index contributed by atoms with van der Waals surface area (Å²) in [5, 5.41) is 6.04. The summed E-state index contributed by atoms with van der Waals surface area (Å²) >= 11 is 0. The van der Waals surface area contributed by atoms with Crippen LogP contribution in [-0.4, -0.2) is 6.71 Å². The van der Waals surface area contributed by atoms with Gasteiger partial charge in [-0.1, -0.05) is 139 Å². The van der Waals surface area contributed by atoms with Crippen LogP contribution in [0, 0.1) is 23.7 Å². The molecule has 9 aromatic rings. The van der Waals surface area contributed by atoms with Crippen LogP contribution in [0.1, 0.15) is 110 Å². The molecule has 9 aromatic carbocycles. The summed E-state index contributed by atoms with van der Waals surface area (Å²) in [6, 6.07) is 62.3. The Balaban J connectivity index is 1.03. The third-order valence-electron chi connectivity index (χ3n) is 20.4. The lowest BCUT2D eigenvalue weighted by Gasteiger charge is -2.46. The summed E-state index contributed by atoms with van der Waals surface area (Å²) < 4.78 is 0. The van der Waals surface area contributed by atoms with Crippen molar-refractivity contribution in [1.29, 1.82) is 0 Å². The Morgan fingerprint density at radius 2 is 0.771 bits per heavy atom. The quantitative estimate of drug-likeness (QED) is 0.159. The highest BCUT2D eigenvalue weighted by molar-refractivity contribution is 7.03. The van der Waals surface area contributed by atoms with Gasteiger partial charge in [0.05, 0.1) is 5.69 Å². The average molecular weight is 896 g/mol. The van der Waals surface area contributed by atoms with E-state index in [9.17, 15) is 0 Å². The molecule has 2 heteroatoms. The minimum atomic E-state index is 0.164. The maximum absolute atomic E-state index is 2.81. The summed E-state index contributed by atoms with van der Waals surface area (Å²) in [6.07, 6.45) is 14.0. The molecule has 8 bridgehead atoms. The minimum absolute atomic E-state index is 0.164. The molecule has 4 fully saturated rings. The molecule has 4 unspecified atom stereocenters. The fraction of sp³-hybridized carbons (Fsp3) is 0.265. The molecule has 8 aliphatic carbocycles. The zero-order valence-corrected chi connectivity index (χ0v) is 39.7. The summed E-state index contributed by atoms with van der Waals surface area (Å²) in [4.78, 5) is 2.81. The Labute approximate surface area is 411 Å². The van der Waals surface area contributed by atoms with Crippen LogP contribution in [0.3, 0.4) is 0 Å². The summed E-state index contributed by atoms with van der Waals surface area (Å²) in [5.41, 5.74) is 29.6. The number of rotatable bonds is 4. The number of anilines is 3. The van der Waals surface area contributed by atoms with Crippen LogP contribution in [0.2, 0.25) is 0 Å². The Hall–Kier alpha value is -6.64. The maximum atomic E-state index is 2.81. The molecule has 334 valence electrons. The number of hydrogen-bond donors (Lipinski definition) is 0. The van der Waals surface area contributed by atoms with Crippen LogP contribution in [0.4, 0.5) is 17.1 Å². The molecule has 4 saturated carbocycles. The van der Waals surface area contributed by atoms with Crippen LogP contribution < -0.4 is 21.3 Å². The molecule has 1 nitrogen and oxygen atoms in total. The summed E-state index contributed by atoms with van der Waals surface area (Å²) in [5.74, 6) is 6.14. The van der Waals surface area contributed by atoms with E-state index in [-0.39, 0.29) is 6.71 Å². The van der Waals surface area contributed by atoms with Gasteiger partial charge >= 0.3 is 0 Å². The second-order valence-corrected chi connectivity index (χ2v) is 23.9. The third-order valence-corrected chi connectivity index (χ3v) is 20.4. The van der Waals surface area contributed by atoms with Gasteiger partial charge in [-0.3, -0.25) is 0 Å². The first-order valence-electron chi connectivity index (χ1n) is 27.2. The lowest BCUT2D eigenvalue weighted by atomic mass is 9.29. The van der Waals surface area contributed by atoms with Crippen molar-refractivity contribution < 1.29 is 0 Å². The molecule has 11 aliphatic rings. The summed E-state index contributed by atoms with van der Waals surface area (Å²) in [6.45, 7) is 0.164. The van der Waals surface area contributed by atoms with E-state index in [1.807, 2.05) is 0 Å². The van der Waals surface area contributed by atoms with E-state index in [4.69, 9.17) is 0 Å². The first kappa shape index (κ1) is 38.2. The molecule has 4 atom stereocenters. The zero-order chi connectivity index (χ0) is 45.1. The molecule has 0 saturated heterocycles. The SMILES string of the molecule is c1ccc(-c2cc(-c3ccccc3)c(N3c4ccc5cc6c(c7c5c4B4c5c-7cccc5-c5c7c(cc8ccc3c4c58)C3CC4CC(C3)CC7C4)C3CC4CC(CC6C4)C3)c(-c3ccccc3)c2)cc1. The van der Waals surface area contributed by atoms with Crippen molar-refractivity contribution in [2.45, 2.75) is 87.9 Å². The molecular formula is C68H54BN. The molecule has 3 heterocycles. The van der Waals surface area contributed by atoms with Crippen molar-refractivity contribution in [1.82, 2.24) is 0 Å². The first-order valence-corrected chi connectivity index (χ1v) is 27.2. The van der Waals surface area contributed by atoms with Crippen LogP contribution in [-0.2, 0) is 0 Å². The van der Waals surface area contributed by atoms with Gasteiger partial charge in [0, 0.05) is 22.5 Å². The van der Waals surface area contributed by atoms with Crippen LogP contribution in [0.5, 0.6) is 0 Å². The highest BCUT2D eigenvalue weighted by Gasteiger charge is 2.52. The predicted molar refractivity (Wildman–Crippen MR) is 293 cm³/mol. The number of fused-ring (bicyclic) bond motifs is 2. The van der Waals surface area contributed by atoms with E-state index in [2.05, 4.69) is 163 Å². The molecule has 3 aliphatic heterocycles. The lowest BCUT2D eigenvalue weighted by Crippen LogP contribution is -2.61. The highest BCUT2D eigenvalue weighted by Crippen LogP contribution is 2.63. The summed E-state index contributed by atoms with van der Waals surface area (Å²) in [7, 11) is 0.